The zero-order valence-electron chi connectivity index (χ0n) is 12.8. The third-order valence-corrected chi connectivity index (χ3v) is 5.13. The molecule has 2 N–H and O–H groups in total. The fraction of sp³-hybridized carbons (Fsp3) is 0.412. The van der Waals surface area contributed by atoms with Crippen molar-refractivity contribution in [3.8, 4) is 10.6 Å². The normalized spacial score (nSPS) is 18.5. The molecule has 116 valence electrons. The van der Waals surface area contributed by atoms with Gasteiger partial charge in [-0.05, 0) is 31.7 Å². The van der Waals surface area contributed by atoms with Crippen molar-refractivity contribution in [1.29, 1.82) is 0 Å². The lowest BCUT2D eigenvalue weighted by Gasteiger charge is -2.34. The maximum absolute atomic E-state index is 12.7. The summed E-state index contributed by atoms with van der Waals surface area (Å²) in [5, 5.41) is 2.77. The van der Waals surface area contributed by atoms with Crippen molar-refractivity contribution >= 4 is 17.2 Å². The van der Waals surface area contributed by atoms with Gasteiger partial charge in [0.15, 0.2) is 0 Å². The Morgan fingerprint density at radius 1 is 1.41 bits per heavy atom. The number of carbonyl (C=O) groups is 1. The highest BCUT2D eigenvalue weighted by Gasteiger charge is 2.27. The summed E-state index contributed by atoms with van der Waals surface area (Å²) in [4.78, 5) is 19.2. The zero-order chi connectivity index (χ0) is 15.5. The minimum absolute atomic E-state index is 0.0197. The van der Waals surface area contributed by atoms with Gasteiger partial charge in [-0.2, -0.15) is 0 Å². The van der Waals surface area contributed by atoms with Crippen molar-refractivity contribution < 1.29 is 4.79 Å². The van der Waals surface area contributed by atoms with Crippen LogP contribution in [0.1, 0.15) is 35.3 Å². The highest BCUT2D eigenvalue weighted by molar-refractivity contribution is 7.13. The second-order valence-corrected chi connectivity index (χ2v) is 6.59. The molecule has 1 atom stereocenters. The van der Waals surface area contributed by atoms with Gasteiger partial charge in [0.25, 0.3) is 5.91 Å². The predicted molar refractivity (Wildman–Crippen MR) is 90.0 cm³/mol. The first-order valence-corrected chi connectivity index (χ1v) is 8.61. The van der Waals surface area contributed by atoms with Crippen LogP contribution in [-0.2, 0) is 0 Å². The summed E-state index contributed by atoms with van der Waals surface area (Å²) in [6.45, 7) is 3.38. The lowest BCUT2D eigenvalue weighted by Crippen LogP contribution is -2.47. The van der Waals surface area contributed by atoms with E-state index in [1.165, 1.54) is 16.9 Å². The molecule has 0 spiro atoms. The second kappa shape index (κ2) is 6.58. The minimum atomic E-state index is 0.0197. The maximum Gasteiger partial charge on any atom is 0.273 e. The molecule has 0 bridgehead atoms. The Hall–Kier alpha value is -1.72. The summed E-state index contributed by atoms with van der Waals surface area (Å²) >= 11 is 1.53. The number of nitrogens with zero attached hydrogens (tertiary/aromatic N) is 2. The number of aromatic nitrogens is 1. The Morgan fingerprint density at radius 3 is 3.00 bits per heavy atom. The molecule has 3 rings (SSSR count). The third kappa shape index (κ3) is 2.91. The van der Waals surface area contributed by atoms with E-state index < -0.39 is 0 Å². The van der Waals surface area contributed by atoms with Crippen LogP contribution in [0.3, 0.4) is 0 Å². The molecule has 0 unspecified atom stereocenters. The van der Waals surface area contributed by atoms with E-state index in [4.69, 9.17) is 5.73 Å². The molecule has 0 aliphatic carbocycles. The molecule has 4 nitrogen and oxygen atoms in total. The van der Waals surface area contributed by atoms with E-state index in [9.17, 15) is 4.79 Å². The van der Waals surface area contributed by atoms with E-state index in [1.54, 1.807) is 0 Å². The Morgan fingerprint density at radius 2 is 2.23 bits per heavy atom. The van der Waals surface area contributed by atoms with Crippen LogP contribution in [0.2, 0.25) is 0 Å². The van der Waals surface area contributed by atoms with Crippen LogP contribution in [0, 0.1) is 6.92 Å². The van der Waals surface area contributed by atoms with Gasteiger partial charge >= 0.3 is 0 Å². The predicted octanol–water partition coefficient (Wildman–Crippen LogP) is 3.07. The molecular formula is C17H21N3OS. The van der Waals surface area contributed by atoms with Gasteiger partial charge in [-0.25, -0.2) is 4.98 Å². The van der Waals surface area contributed by atoms with E-state index in [2.05, 4.69) is 18.0 Å². The number of likely N-dealkylation sites (tertiary alicyclic amines) is 1. The van der Waals surface area contributed by atoms with Crippen LogP contribution in [0.4, 0.5) is 0 Å². The van der Waals surface area contributed by atoms with E-state index in [0.29, 0.717) is 12.2 Å². The van der Waals surface area contributed by atoms with Gasteiger partial charge < -0.3 is 10.6 Å². The number of rotatable bonds is 3. The number of thiazole rings is 1. The molecular weight excluding hydrogens is 294 g/mol. The van der Waals surface area contributed by atoms with Crippen molar-refractivity contribution in [2.75, 3.05) is 13.1 Å². The molecule has 1 saturated heterocycles. The Balaban J connectivity index is 1.84. The van der Waals surface area contributed by atoms with Gasteiger partial charge in [-0.1, -0.05) is 24.3 Å². The molecule has 0 radical (unpaired) electrons. The van der Waals surface area contributed by atoms with Gasteiger partial charge in [-0.15, -0.1) is 11.3 Å². The molecule has 1 aromatic carbocycles. The Labute approximate surface area is 135 Å². The lowest BCUT2D eigenvalue weighted by atomic mass is 10.0. The monoisotopic (exact) mass is 315 g/mol. The fourth-order valence-electron chi connectivity index (χ4n) is 2.97. The van der Waals surface area contributed by atoms with E-state index >= 15 is 0 Å². The average molecular weight is 315 g/mol. The summed E-state index contributed by atoms with van der Waals surface area (Å²) in [5.74, 6) is 0.0197. The molecule has 1 amide bonds. The molecule has 1 aliphatic heterocycles. The lowest BCUT2D eigenvalue weighted by molar-refractivity contribution is 0.0618. The van der Waals surface area contributed by atoms with Crippen molar-refractivity contribution in [2.24, 2.45) is 5.73 Å². The van der Waals surface area contributed by atoms with Gasteiger partial charge in [0, 0.05) is 30.1 Å². The largest absolute Gasteiger partial charge is 0.333 e. The van der Waals surface area contributed by atoms with Crippen LogP contribution in [0.25, 0.3) is 10.6 Å². The quantitative estimate of drug-likeness (QED) is 0.947. The van der Waals surface area contributed by atoms with E-state index in [0.717, 1.165) is 36.4 Å². The third-order valence-electron chi connectivity index (χ3n) is 4.26. The standard InChI is InChI=1S/C17H21N3OS/c1-12-6-2-3-8-14(12)16-19-15(11-22-16)17(21)20-9-5-4-7-13(20)10-18/h2-3,6,8,11,13H,4-5,7,9-10,18H2,1H3/t13-/m1/s1. The summed E-state index contributed by atoms with van der Waals surface area (Å²) < 4.78 is 0. The number of piperidine rings is 1. The molecule has 2 heterocycles. The number of hydrogen-bond donors (Lipinski definition) is 1. The van der Waals surface area contributed by atoms with Crippen LogP contribution in [-0.4, -0.2) is 34.9 Å². The molecule has 1 aromatic heterocycles. The van der Waals surface area contributed by atoms with Gasteiger partial charge in [0.1, 0.15) is 10.7 Å². The highest BCUT2D eigenvalue weighted by atomic mass is 32.1. The van der Waals surface area contributed by atoms with E-state index in [-0.39, 0.29) is 11.9 Å². The van der Waals surface area contributed by atoms with Crippen LogP contribution >= 0.6 is 11.3 Å². The molecule has 22 heavy (non-hydrogen) atoms. The molecule has 0 saturated carbocycles. The number of hydrogen-bond acceptors (Lipinski definition) is 4. The molecule has 5 heteroatoms. The summed E-state index contributed by atoms with van der Waals surface area (Å²) in [6, 6.07) is 8.28. The molecule has 2 aromatic rings. The maximum atomic E-state index is 12.7. The number of amides is 1. The summed E-state index contributed by atoms with van der Waals surface area (Å²) in [6.07, 6.45) is 3.20. The van der Waals surface area contributed by atoms with E-state index in [1.807, 2.05) is 28.5 Å². The van der Waals surface area contributed by atoms with Gasteiger partial charge in [-0.3, -0.25) is 4.79 Å². The average Bonchev–Trinajstić information content (AvgIpc) is 3.04. The smallest absolute Gasteiger partial charge is 0.273 e. The fourth-order valence-corrected chi connectivity index (χ4v) is 3.85. The van der Waals surface area contributed by atoms with Crippen LogP contribution < -0.4 is 5.73 Å². The van der Waals surface area contributed by atoms with Crippen LogP contribution in [0.15, 0.2) is 29.6 Å². The minimum Gasteiger partial charge on any atom is -0.333 e. The molecule has 1 aliphatic rings. The summed E-state index contributed by atoms with van der Waals surface area (Å²) in [5.41, 5.74) is 8.63. The first kappa shape index (κ1) is 15.2. The van der Waals surface area contributed by atoms with Gasteiger partial charge in [0.2, 0.25) is 0 Å². The van der Waals surface area contributed by atoms with Crippen molar-refractivity contribution in [1.82, 2.24) is 9.88 Å². The first-order chi connectivity index (χ1) is 10.7. The highest BCUT2D eigenvalue weighted by Crippen LogP contribution is 2.28. The number of nitrogens with two attached hydrogens (primary N) is 1. The van der Waals surface area contributed by atoms with Crippen molar-refractivity contribution in [2.45, 2.75) is 32.2 Å². The zero-order valence-corrected chi connectivity index (χ0v) is 13.6. The SMILES string of the molecule is Cc1ccccc1-c1nc(C(=O)N2CCCC[C@@H]2CN)cs1. The summed E-state index contributed by atoms with van der Waals surface area (Å²) in [7, 11) is 0. The number of benzene rings is 1. The van der Waals surface area contributed by atoms with Crippen molar-refractivity contribution in [3.05, 3.63) is 40.9 Å². The first-order valence-electron chi connectivity index (χ1n) is 7.73. The number of aryl methyl sites for hydroxylation is 1. The van der Waals surface area contributed by atoms with Crippen LogP contribution in [0.5, 0.6) is 0 Å². The molecule has 1 fully saturated rings. The topological polar surface area (TPSA) is 59.2 Å². The van der Waals surface area contributed by atoms with Gasteiger partial charge in [0.05, 0.1) is 0 Å². The second-order valence-electron chi connectivity index (χ2n) is 5.74. The Bertz CT molecular complexity index is 667. The number of carbonyl (C=O) groups excluding carboxylic acids is 1. The Kier molecular flexibility index (Phi) is 4.55. The van der Waals surface area contributed by atoms with Crippen molar-refractivity contribution in [3.63, 3.8) is 0 Å².